The van der Waals surface area contributed by atoms with E-state index in [-0.39, 0.29) is 11.5 Å². The second-order valence-corrected chi connectivity index (χ2v) is 9.61. The van der Waals surface area contributed by atoms with Crippen LogP contribution >= 0.6 is 0 Å². The predicted octanol–water partition coefficient (Wildman–Crippen LogP) is 3.35. The molecule has 3 aliphatic rings. The minimum atomic E-state index is 0.0465. The molecule has 0 amide bonds. The minimum Gasteiger partial charge on any atom is -0.383 e. The van der Waals surface area contributed by atoms with Crippen LogP contribution in [0.4, 0.5) is 5.69 Å². The van der Waals surface area contributed by atoms with Crippen LogP contribution in [0.15, 0.2) is 18.2 Å². The highest BCUT2D eigenvalue weighted by Crippen LogP contribution is 2.49. The molecular formula is C25H38N2O4. The third-order valence-electron chi connectivity index (χ3n) is 7.53. The Bertz CT molecular complexity index is 766. The minimum absolute atomic E-state index is 0.0465. The second kappa shape index (κ2) is 9.99. The summed E-state index contributed by atoms with van der Waals surface area (Å²) in [6, 6.07) is 6.35. The lowest BCUT2D eigenvalue weighted by molar-refractivity contribution is 0.0265. The lowest BCUT2D eigenvalue weighted by Crippen LogP contribution is -2.61. The van der Waals surface area contributed by atoms with Crippen molar-refractivity contribution in [2.75, 3.05) is 65.1 Å². The summed E-state index contributed by atoms with van der Waals surface area (Å²) in [6.07, 6.45) is 3.78. The number of ether oxygens (including phenoxy) is 3. The molecule has 0 spiro atoms. The van der Waals surface area contributed by atoms with Crippen molar-refractivity contribution in [3.63, 3.8) is 0 Å². The van der Waals surface area contributed by atoms with Gasteiger partial charge < -0.3 is 19.5 Å². The van der Waals surface area contributed by atoms with E-state index in [1.54, 1.807) is 7.11 Å². The van der Waals surface area contributed by atoms with Crippen molar-refractivity contribution in [2.24, 2.45) is 11.8 Å². The lowest BCUT2D eigenvalue weighted by atomic mass is 9.58. The average Bonchev–Trinajstić information content (AvgIpc) is 3.58. The number of methoxy groups -OCH3 is 1. The highest BCUT2D eigenvalue weighted by molar-refractivity contribution is 6.04. The fourth-order valence-corrected chi connectivity index (χ4v) is 5.25. The number of nitrogens with zero attached hydrogens (tertiary/aromatic N) is 1. The molecule has 2 aliphatic carbocycles. The van der Waals surface area contributed by atoms with Crippen molar-refractivity contribution in [2.45, 2.75) is 44.6 Å². The number of fused-ring (bicyclic) bond motifs is 4. The number of ketones is 1. The first-order valence-electron chi connectivity index (χ1n) is 11.9. The van der Waals surface area contributed by atoms with Crippen LogP contribution in [0.2, 0.25) is 0 Å². The topological polar surface area (TPSA) is 60.0 Å². The Balaban J connectivity index is 1.34. The van der Waals surface area contributed by atoms with Gasteiger partial charge in [0, 0.05) is 31.5 Å². The predicted molar refractivity (Wildman–Crippen MR) is 122 cm³/mol. The monoisotopic (exact) mass is 430 g/mol. The van der Waals surface area contributed by atoms with Gasteiger partial charge in [-0.2, -0.15) is 0 Å². The van der Waals surface area contributed by atoms with Crippen LogP contribution in [0, 0.1) is 11.8 Å². The average molecular weight is 431 g/mol. The van der Waals surface area contributed by atoms with Crippen molar-refractivity contribution in [3.8, 4) is 0 Å². The smallest absolute Gasteiger partial charge is 0.180 e. The molecule has 1 unspecified atom stereocenters. The van der Waals surface area contributed by atoms with Crippen molar-refractivity contribution < 1.29 is 19.0 Å². The molecule has 1 heterocycles. The molecule has 0 aromatic heterocycles. The maximum absolute atomic E-state index is 13.4. The van der Waals surface area contributed by atoms with E-state index >= 15 is 0 Å². The molecular weight excluding hydrogens is 392 g/mol. The van der Waals surface area contributed by atoms with Crippen molar-refractivity contribution >= 4 is 11.5 Å². The Morgan fingerprint density at radius 2 is 1.87 bits per heavy atom. The van der Waals surface area contributed by atoms with E-state index in [1.165, 1.54) is 18.4 Å². The number of piperidine rings is 1. The number of anilines is 1. The van der Waals surface area contributed by atoms with Crippen molar-refractivity contribution in [3.05, 3.63) is 29.3 Å². The Labute approximate surface area is 186 Å². The summed E-state index contributed by atoms with van der Waals surface area (Å²) in [5.41, 5.74) is 3.28. The van der Waals surface area contributed by atoms with Crippen LogP contribution in [-0.2, 0) is 19.6 Å². The molecule has 1 aromatic rings. The van der Waals surface area contributed by atoms with Crippen LogP contribution in [0.5, 0.6) is 0 Å². The van der Waals surface area contributed by atoms with Crippen LogP contribution in [0.1, 0.15) is 49.0 Å². The number of benzene rings is 1. The summed E-state index contributed by atoms with van der Waals surface area (Å²) >= 11 is 0. The zero-order chi connectivity index (χ0) is 21.8. The first-order chi connectivity index (χ1) is 15.0. The van der Waals surface area contributed by atoms with Crippen LogP contribution < -0.4 is 5.32 Å². The fraction of sp³-hybridized carbons (Fsp3) is 0.720. The molecule has 2 bridgehead atoms. The van der Waals surface area contributed by atoms with Gasteiger partial charge in [0.1, 0.15) is 0 Å². The number of hydrogen-bond acceptors (Lipinski definition) is 6. The Morgan fingerprint density at radius 1 is 1.13 bits per heavy atom. The van der Waals surface area contributed by atoms with E-state index in [2.05, 4.69) is 30.1 Å². The van der Waals surface area contributed by atoms with Gasteiger partial charge in [0.05, 0.1) is 39.1 Å². The molecule has 1 aromatic carbocycles. The summed E-state index contributed by atoms with van der Waals surface area (Å²) in [7, 11) is 1.67. The van der Waals surface area contributed by atoms with Gasteiger partial charge >= 0.3 is 0 Å². The molecule has 0 radical (unpaired) electrons. The highest BCUT2D eigenvalue weighted by atomic mass is 16.5. The zero-order valence-electron chi connectivity index (χ0n) is 19.3. The molecule has 2 fully saturated rings. The Morgan fingerprint density at radius 3 is 2.61 bits per heavy atom. The zero-order valence-corrected chi connectivity index (χ0v) is 19.3. The summed E-state index contributed by atoms with van der Waals surface area (Å²) in [5, 5.41) is 3.46. The third-order valence-corrected chi connectivity index (χ3v) is 7.53. The SMILES string of the molecule is COCCOCCOCCNc1ccc2c(c1)C1(C)CCN(CC3CC3)[C@H](C2=O)[C@@H]1C. The molecule has 1 saturated carbocycles. The molecule has 4 rings (SSSR count). The number of rotatable bonds is 12. The lowest BCUT2D eigenvalue weighted by Gasteiger charge is -2.53. The van der Waals surface area contributed by atoms with Crippen molar-refractivity contribution in [1.82, 2.24) is 4.90 Å². The van der Waals surface area contributed by atoms with E-state index in [0.717, 1.165) is 43.2 Å². The molecule has 6 heteroatoms. The first kappa shape index (κ1) is 22.7. The van der Waals surface area contributed by atoms with Gasteiger partial charge in [0.2, 0.25) is 0 Å². The van der Waals surface area contributed by atoms with Gasteiger partial charge in [-0.05, 0) is 66.8 Å². The maximum Gasteiger partial charge on any atom is 0.180 e. The molecule has 6 nitrogen and oxygen atoms in total. The van der Waals surface area contributed by atoms with Crippen LogP contribution in [-0.4, -0.2) is 76.5 Å². The van der Waals surface area contributed by atoms with Gasteiger partial charge in [0.25, 0.3) is 0 Å². The van der Waals surface area contributed by atoms with E-state index < -0.39 is 0 Å². The number of carbonyl (C=O) groups excluding carboxylic acids is 1. The van der Waals surface area contributed by atoms with Gasteiger partial charge in [-0.15, -0.1) is 0 Å². The quantitative estimate of drug-likeness (QED) is 0.513. The van der Waals surface area contributed by atoms with Gasteiger partial charge in [0.15, 0.2) is 5.78 Å². The summed E-state index contributed by atoms with van der Waals surface area (Å²) in [6.45, 7) is 10.5. The Kier molecular flexibility index (Phi) is 7.32. The number of likely N-dealkylation sites (tertiary alicyclic amines) is 1. The third kappa shape index (κ3) is 4.98. The fourth-order valence-electron chi connectivity index (χ4n) is 5.25. The van der Waals surface area contributed by atoms with Crippen LogP contribution in [0.3, 0.4) is 0 Å². The normalized spacial score (nSPS) is 27.9. The molecule has 1 saturated heterocycles. The standard InChI is InChI=1S/C25H38N2O4/c1-18-23-24(28)21-7-6-20(26-9-11-30-14-15-31-13-12-29-3)16-22(21)25(18,2)8-10-27(23)17-19-4-5-19/h6-7,16,18-19,23,26H,4-5,8-15,17H2,1-3H3/t18-,23-,25?/m0/s1. The van der Waals surface area contributed by atoms with Gasteiger partial charge in [-0.1, -0.05) is 13.8 Å². The van der Waals surface area contributed by atoms with Crippen LogP contribution in [0.25, 0.3) is 0 Å². The van der Waals surface area contributed by atoms with Gasteiger partial charge in [-0.25, -0.2) is 0 Å². The van der Waals surface area contributed by atoms with E-state index in [4.69, 9.17) is 14.2 Å². The molecule has 172 valence electrons. The Hall–Kier alpha value is -1.47. The van der Waals surface area contributed by atoms with E-state index in [1.807, 2.05) is 12.1 Å². The largest absolute Gasteiger partial charge is 0.383 e. The summed E-state index contributed by atoms with van der Waals surface area (Å²) in [5.74, 6) is 1.48. The first-order valence-corrected chi connectivity index (χ1v) is 11.9. The molecule has 1 aliphatic heterocycles. The summed E-state index contributed by atoms with van der Waals surface area (Å²) in [4.78, 5) is 15.9. The number of Topliss-reactive ketones (excluding diaryl/α,β-unsaturated/α-hetero) is 1. The second-order valence-electron chi connectivity index (χ2n) is 9.61. The molecule has 1 N–H and O–H groups in total. The number of nitrogens with one attached hydrogen (secondary N) is 1. The molecule has 3 atom stereocenters. The van der Waals surface area contributed by atoms with E-state index in [0.29, 0.717) is 44.7 Å². The number of hydrogen-bond donors (Lipinski definition) is 1. The molecule has 31 heavy (non-hydrogen) atoms. The van der Waals surface area contributed by atoms with Gasteiger partial charge in [-0.3, -0.25) is 9.69 Å². The maximum atomic E-state index is 13.4. The number of carbonyl (C=O) groups is 1. The highest BCUT2D eigenvalue weighted by Gasteiger charge is 2.52. The van der Waals surface area contributed by atoms with E-state index in [9.17, 15) is 4.79 Å². The van der Waals surface area contributed by atoms with Crippen molar-refractivity contribution in [1.29, 1.82) is 0 Å². The summed E-state index contributed by atoms with van der Waals surface area (Å²) < 4.78 is 16.0.